The molecule has 0 spiro atoms. The quantitative estimate of drug-likeness (QED) is 0.857. The van der Waals surface area contributed by atoms with Crippen LogP contribution < -0.4 is 5.32 Å². The van der Waals surface area contributed by atoms with E-state index in [2.05, 4.69) is 15.5 Å². The Balaban J connectivity index is 2.38. The van der Waals surface area contributed by atoms with Gasteiger partial charge in [0.1, 0.15) is 11.6 Å². The van der Waals surface area contributed by atoms with Crippen molar-refractivity contribution in [3.05, 3.63) is 41.6 Å². The van der Waals surface area contributed by atoms with E-state index in [1.165, 1.54) is 0 Å². The van der Waals surface area contributed by atoms with E-state index in [9.17, 15) is 8.78 Å². The van der Waals surface area contributed by atoms with Gasteiger partial charge in [-0.1, -0.05) is 6.92 Å². The number of nitrogens with one attached hydrogen (secondary N) is 2. The first kappa shape index (κ1) is 11.7. The third-order valence-electron chi connectivity index (χ3n) is 2.48. The third-order valence-corrected chi connectivity index (χ3v) is 2.48. The molecule has 1 aromatic carbocycles. The van der Waals surface area contributed by atoms with E-state index in [0.29, 0.717) is 12.2 Å². The minimum absolute atomic E-state index is 0.204. The largest absolute Gasteiger partial charge is 0.313 e. The van der Waals surface area contributed by atoms with Crippen LogP contribution in [-0.4, -0.2) is 16.7 Å². The summed E-state index contributed by atoms with van der Waals surface area (Å²) in [5.41, 5.74) is 1.54. The summed E-state index contributed by atoms with van der Waals surface area (Å²) in [4.78, 5) is 0. The Bertz CT molecular complexity index is 508. The second-order valence-corrected chi connectivity index (χ2v) is 3.67. The smallest absolute Gasteiger partial charge is 0.132 e. The van der Waals surface area contributed by atoms with Gasteiger partial charge >= 0.3 is 0 Å². The van der Waals surface area contributed by atoms with E-state index in [0.717, 1.165) is 30.3 Å². The Morgan fingerprint density at radius 1 is 1.35 bits per heavy atom. The lowest BCUT2D eigenvalue weighted by Gasteiger charge is -2.05. The number of benzene rings is 1. The van der Waals surface area contributed by atoms with Crippen LogP contribution in [0.2, 0.25) is 0 Å². The van der Waals surface area contributed by atoms with Crippen molar-refractivity contribution in [2.45, 2.75) is 13.5 Å². The first-order chi connectivity index (χ1) is 8.22. The van der Waals surface area contributed by atoms with Crippen molar-refractivity contribution in [3.8, 4) is 11.3 Å². The van der Waals surface area contributed by atoms with Crippen LogP contribution in [-0.2, 0) is 6.54 Å². The highest BCUT2D eigenvalue weighted by molar-refractivity contribution is 5.63. The lowest BCUT2D eigenvalue weighted by atomic mass is 10.1. The molecule has 3 nitrogen and oxygen atoms in total. The summed E-state index contributed by atoms with van der Waals surface area (Å²) in [7, 11) is 0. The highest BCUT2D eigenvalue weighted by Crippen LogP contribution is 2.24. The Kier molecular flexibility index (Phi) is 3.49. The third kappa shape index (κ3) is 2.50. The Labute approximate surface area is 97.9 Å². The van der Waals surface area contributed by atoms with Crippen molar-refractivity contribution in [1.29, 1.82) is 0 Å². The molecular formula is C12H13F2N3. The first-order valence-electron chi connectivity index (χ1n) is 5.40. The van der Waals surface area contributed by atoms with E-state index in [4.69, 9.17) is 0 Å². The molecule has 0 aliphatic heterocycles. The molecule has 2 rings (SSSR count). The number of H-pyrrole nitrogens is 1. The van der Waals surface area contributed by atoms with Crippen LogP contribution in [0.15, 0.2) is 24.4 Å². The molecule has 0 aliphatic rings. The van der Waals surface area contributed by atoms with Gasteiger partial charge in [0.2, 0.25) is 0 Å². The van der Waals surface area contributed by atoms with Crippen LogP contribution in [0.5, 0.6) is 0 Å². The van der Waals surface area contributed by atoms with Gasteiger partial charge in [0.15, 0.2) is 0 Å². The molecule has 0 aliphatic carbocycles. The van der Waals surface area contributed by atoms with E-state index in [1.54, 1.807) is 6.20 Å². The molecule has 0 amide bonds. The second-order valence-electron chi connectivity index (χ2n) is 3.67. The summed E-state index contributed by atoms with van der Waals surface area (Å²) in [6.07, 6.45) is 1.61. The van der Waals surface area contributed by atoms with Crippen LogP contribution in [0.3, 0.4) is 0 Å². The van der Waals surface area contributed by atoms with Gasteiger partial charge in [-0.05, 0) is 24.7 Å². The minimum Gasteiger partial charge on any atom is -0.313 e. The molecule has 0 fully saturated rings. The molecule has 1 heterocycles. The minimum atomic E-state index is -0.467. The predicted octanol–water partition coefficient (Wildman–Crippen LogP) is 2.46. The Morgan fingerprint density at radius 2 is 2.18 bits per heavy atom. The fraction of sp³-hybridized carbons (Fsp3) is 0.250. The second kappa shape index (κ2) is 5.05. The molecule has 0 saturated carbocycles. The van der Waals surface area contributed by atoms with Gasteiger partial charge in [0, 0.05) is 17.7 Å². The average molecular weight is 237 g/mol. The molecule has 5 heteroatoms. The molecule has 2 N–H and O–H groups in total. The van der Waals surface area contributed by atoms with Crippen molar-refractivity contribution in [3.63, 3.8) is 0 Å². The van der Waals surface area contributed by atoms with Crippen molar-refractivity contribution < 1.29 is 8.78 Å². The van der Waals surface area contributed by atoms with Crippen molar-refractivity contribution >= 4 is 0 Å². The highest BCUT2D eigenvalue weighted by atomic mass is 19.1. The zero-order chi connectivity index (χ0) is 12.3. The summed E-state index contributed by atoms with van der Waals surface area (Å²) in [5.74, 6) is -0.932. The number of aromatic nitrogens is 2. The van der Waals surface area contributed by atoms with Crippen LogP contribution in [0, 0.1) is 11.6 Å². The van der Waals surface area contributed by atoms with Crippen LogP contribution in [0.25, 0.3) is 11.3 Å². The SMILES string of the molecule is CCNCc1cn[nH]c1-c1cc(F)ccc1F. The fourth-order valence-corrected chi connectivity index (χ4v) is 1.63. The summed E-state index contributed by atoms with van der Waals surface area (Å²) < 4.78 is 26.7. The number of nitrogens with zero attached hydrogens (tertiary/aromatic N) is 1. The maximum absolute atomic E-state index is 13.6. The summed E-state index contributed by atoms with van der Waals surface area (Å²) in [5, 5.41) is 9.69. The molecule has 1 aromatic heterocycles. The van der Waals surface area contributed by atoms with Crippen molar-refractivity contribution in [2.24, 2.45) is 0 Å². The summed E-state index contributed by atoms with van der Waals surface area (Å²) >= 11 is 0. The van der Waals surface area contributed by atoms with E-state index < -0.39 is 11.6 Å². The van der Waals surface area contributed by atoms with Gasteiger partial charge in [-0.15, -0.1) is 0 Å². The standard InChI is InChI=1S/C12H13F2N3/c1-2-15-6-8-7-16-17-12(8)10-5-9(13)3-4-11(10)14/h3-5,7,15H,2,6H2,1H3,(H,16,17). The van der Waals surface area contributed by atoms with Crippen LogP contribution >= 0.6 is 0 Å². The summed E-state index contributed by atoms with van der Waals surface area (Å²) in [6, 6.07) is 3.37. The Morgan fingerprint density at radius 3 is 2.94 bits per heavy atom. The first-order valence-corrected chi connectivity index (χ1v) is 5.40. The van der Waals surface area contributed by atoms with E-state index >= 15 is 0 Å². The van der Waals surface area contributed by atoms with Crippen LogP contribution in [0.4, 0.5) is 8.78 Å². The number of hydrogen-bond acceptors (Lipinski definition) is 2. The molecule has 2 aromatic rings. The monoisotopic (exact) mass is 237 g/mol. The average Bonchev–Trinajstić information content (AvgIpc) is 2.77. The van der Waals surface area contributed by atoms with Gasteiger partial charge in [0.05, 0.1) is 11.9 Å². The number of hydrogen-bond donors (Lipinski definition) is 2. The number of halogens is 2. The molecular weight excluding hydrogens is 224 g/mol. The normalized spacial score (nSPS) is 10.8. The van der Waals surface area contributed by atoms with Gasteiger partial charge in [-0.25, -0.2) is 8.78 Å². The highest BCUT2D eigenvalue weighted by Gasteiger charge is 2.12. The lowest BCUT2D eigenvalue weighted by Crippen LogP contribution is -2.11. The van der Waals surface area contributed by atoms with Gasteiger partial charge < -0.3 is 5.32 Å². The van der Waals surface area contributed by atoms with E-state index in [-0.39, 0.29) is 5.56 Å². The van der Waals surface area contributed by atoms with E-state index in [1.807, 2.05) is 6.92 Å². The maximum Gasteiger partial charge on any atom is 0.132 e. The van der Waals surface area contributed by atoms with Gasteiger partial charge in [-0.2, -0.15) is 5.10 Å². The Hall–Kier alpha value is -1.75. The van der Waals surface area contributed by atoms with Crippen LogP contribution in [0.1, 0.15) is 12.5 Å². The fourth-order valence-electron chi connectivity index (χ4n) is 1.63. The molecule has 0 radical (unpaired) electrons. The molecule has 0 saturated heterocycles. The number of aromatic amines is 1. The van der Waals surface area contributed by atoms with Crippen molar-refractivity contribution in [1.82, 2.24) is 15.5 Å². The topological polar surface area (TPSA) is 40.7 Å². The molecule has 17 heavy (non-hydrogen) atoms. The molecule has 0 bridgehead atoms. The number of rotatable bonds is 4. The zero-order valence-corrected chi connectivity index (χ0v) is 9.43. The molecule has 0 atom stereocenters. The maximum atomic E-state index is 13.6. The summed E-state index contributed by atoms with van der Waals surface area (Å²) in [6.45, 7) is 3.34. The molecule has 90 valence electrons. The van der Waals surface area contributed by atoms with Gasteiger partial charge in [-0.3, -0.25) is 5.10 Å². The van der Waals surface area contributed by atoms with Crippen molar-refractivity contribution in [2.75, 3.05) is 6.54 Å². The molecule has 0 unspecified atom stereocenters. The zero-order valence-electron chi connectivity index (χ0n) is 9.43. The lowest BCUT2D eigenvalue weighted by molar-refractivity contribution is 0.602. The van der Waals surface area contributed by atoms with Gasteiger partial charge in [0.25, 0.3) is 0 Å². The predicted molar refractivity (Wildman–Crippen MR) is 61.3 cm³/mol.